The number of hydrogen-bond donors (Lipinski definition) is 6. The van der Waals surface area contributed by atoms with Crippen molar-refractivity contribution in [2.75, 3.05) is 6.61 Å². The van der Waals surface area contributed by atoms with E-state index in [1.807, 2.05) is 44.2 Å². The van der Waals surface area contributed by atoms with Crippen molar-refractivity contribution in [3.05, 3.63) is 52.7 Å². The van der Waals surface area contributed by atoms with Gasteiger partial charge in [0.25, 0.3) is 0 Å². The minimum absolute atomic E-state index is 0.107. The van der Waals surface area contributed by atoms with E-state index in [9.17, 15) is 25.2 Å². The van der Waals surface area contributed by atoms with E-state index in [0.717, 1.165) is 22.4 Å². The molecule has 0 radical (unpaired) electrons. The number of carbonyl (C=O) groups excluding carboxylic acids is 1. The van der Waals surface area contributed by atoms with Crippen LogP contribution in [0.5, 0.6) is 5.88 Å². The van der Waals surface area contributed by atoms with Crippen LogP contribution in [0.25, 0.3) is 6.08 Å². The molecule has 7 N–H and O–H groups in total. The summed E-state index contributed by atoms with van der Waals surface area (Å²) in [6, 6.07) is 7.72. The second kappa shape index (κ2) is 10.9. The maximum atomic E-state index is 10.9. The Morgan fingerprint density at radius 1 is 1.21 bits per heavy atom. The molecule has 1 aromatic carbocycles. The van der Waals surface area contributed by atoms with Crippen molar-refractivity contribution < 1.29 is 34.7 Å². The second-order valence-corrected chi connectivity index (χ2v) is 8.38. The average Bonchev–Trinajstić information content (AvgIpc) is 3.17. The Bertz CT molecular complexity index is 955. The van der Waals surface area contributed by atoms with E-state index in [-0.39, 0.29) is 18.2 Å². The fraction of sp³-hybridized carbons (Fsp3) is 0.478. The number of nitrogens with zero attached hydrogens (tertiary/aromatic N) is 1. The molecule has 1 aromatic heterocycles. The van der Waals surface area contributed by atoms with Crippen LogP contribution in [0.4, 0.5) is 0 Å². The quantitative estimate of drug-likeness (QED) is 0.307. The molecule has 2 heterocycles. The highest BCUT2D eigenvalue weighted by molar-refractivity contribution is 5.76. The van der Waals surface area contributed by atoms with Crippen LogP contribution < -0.4 is 10.5 Å². The molecule has 0 unspecified atom stereocenters. The van der Waals surface area contributed by atoms with Crippen LogP contribution in [0, 0.1) is 0 Å². The number of nitrogens with one attached hydrogen (secondary N) is 1. The highest BCUT2D eigenvalue weighted by atomic mass is 16.7. The van der Waals surface area contributed by atoms with E-state index in [1.165, 1.54) is 0 Å². The number of carbonyl (C=O) groups is 1. The first-order valence-corrected chi connectivity index (χ1v) is 10.8. The summed E-state index contributed by atoms with van der Waals surface area (Å²) < 4.78 is 11.3. The summed E-state index contributed by atoms with van der Waals surface area (Å²) in [5.41, 5.74) is 8.65. The second-order valence-electron chi connectivity index (χ2n) is 8.38. The monoisotopic (exact) mass is 461 g/mol. The minimum Gasteiger partial charge on any atom is -0.443 e. The van der Waals surface area contributed by atoms with Gasteiger partial charge in [-0.2, -0.15) is 0 Å². The third-order valence-corrected chi connectivity index (χ3v) is 5.50. The predicted octanol–water partition coefficient (Wildman–Crippen LogP) is 0.191. The first-order valence-electron chi connectivity index (χ1n) is 10.8. The molecular formula is C23H31N3O7. The Balaban J connectivity index is 1.79. The van der Waals surface area contributed by atoms with E-state index >= 15 is 0 Å². The molecular weight excluding hydrogens is 430 g/mol. The van der Waals surface area contributed by atoms with Gasteiger partial charge in [-0.05, 0) is 17.0 Å². The zero-order chi connectivity index (χ0) is 24.1. The van der Waals surface area contributed by atoms with Crippen LogP contribution >= 0.6 is 0 Å². The fourth-order valence-corrected chi connectivity index (χ4v) is 3.64. The van der Waals surface area contributed by atoms with Gasteiger partial charge >= 0.3 is 0 Å². The van der Waals surface area contributed by atoms with Gasteiger partial charge in [0, 0.05) is 24.1 Å². The normalized spacial score (nSPS) is 25.6. The largest absolute Gasteiger partial charge is 0.443 e. The third kappa shape index (κ3) is 5.98. The van der Waals surface area contributed by atoms with E-state index in [0.29, 0.717) is 6.42 Å². The molecule has 5 atom stereocenters. The molecule has 1 saturated heterocycles. The van der Waals surface area contributed by atoms with Gasteiger partial charge in [0.2, 0.25) is 18.1 Å². The molecule has 180 valence electrons. The molecule has 1 fully saturated rings. The van der Waals surface area contributed by atoms with Crippen molar-refractivity contribution in [3.8, 4) is 5.88 Å². The van der Waals surface area contributed by atoms with Gasteiger partial charge in [-0.3, -0.25) is 9.89 Å². The smallest absolute Gasteiger partial charge is 0.238 e. The number of aromatic nitrogens is 2. The van der Waals surface area contributed by atoms with Crippen molar-refractivity contribution in [1.29, 1.82) is 0 Å². The summed E-state index contributed by atoms with van der Waals surface area (Å²) in [7, 11) is 0. The minimum atomic E-state index is -1.54. The number of amides is 1. The van der Waals surface area contributed by atoms with Gasteiger partial charge in [0.1, 0.15) is 24.4 Å². The van der Waals surface area contributed by atoms with Crippen LogP contribution in [0.3, 0.4) is 0 Å². The van der Waals surface area contributed by atoms with Gasteiger partial charge in [-0.25, -0.2) is 0 Å². The Morgan fingerprint density at radius 3 is 2.52 bits per heavy atom. The number of aliphatic hydroxyl groups excluding tert-OH is 4. The van der Waals surface area contributed by atoms with Crippen LogP contribution in [-0.4, -0.2) is 73.8 Å². The molecule has 0 bridgehead atoms. The predicted molar refractivity (Wildman–Crippen MR) is 119 cm³/mol. The number of aromatic amines is 1. The summed E-state index contributed by atoms with van der Waals surface area (Å²) in [4.78, 5) is 10.9. The molecule has 33 heavy (non-hydrogen) atoms. The zero-order valence-electron chi connectivity index (χ0n) is 18.6. The van der Waals surface area contributed by atoms with Crippen LogP contribution in [-0.2, 0) is 16.0 Å². The Morgan fingerprint density at radius 2 is 1.91 bits per heavy atom. The lowest BCUT2D eigenvalue weighted by Gasteiger charge is -2.39. The highest BCUT2D eigenvalue weighted by Gasteiger charge is 2.45. The number of rotatable bonds is 9. The lowest BCUT2D eigenvalue weighted by molar-refractivity contribution is -0.278. The number of aliphatic hydroxyl groups is 4. The number of primary amides is 1. The van der Waals surface area contributed by atoms with Crippen molar-refractivity contribution in [2.24, 2.45) is 5.73 Å². The van der Waals surface area contributed by atoms with Gasteiger partial charge < -0.3 is 35.6 Å². The average molecular weight is 462 g/mol. The summed E-state index contributed by atoms with van der Waals surface area (Å²) in [5.74, 6) is -0.0832. The molecule has 0 saturated carbocycles. The van der Waals surface area contributed by atoms with Crippen molar-refractivity contribution in [1.82, 2.24) is 10.2 Å². The van der Waals surface area contributed by atoms with Crippen LogP contribution in [0.2, 0.25) is 0 Å². The molecule has 1 aliphatic heterocycles. The van der Waals surface area contributed by atoms with E-state index < -0.39 is 43.2 Å². The molecule has 1 aliphatic rings. The molecule has 0 aliphatic carbocycles. The van der Waals surface area contributed by atoms with E-state index in [1.54, 1.807) is 6.08 Å². The number of ether oxygens (including phenoxy) is 2. The Kier molecular flexibility index (Phi) is 8.22. The Labute approximate surface area is 191 Å². The Hall–Kier alpha value is -2.76. The SMILES string of the molecule is CC(C)c1[nH]nc(O[C@@H]2O[C@H](CO)[C@@H](O)[C@H](O)[C@H]2O)c1Cc1ccc(/C=C/CC(N)=O)cc1. The summed E-state index contributed by atoms with van der Waals surface area (Å²) in [6.45, 7) is 3.46. The highest BCUT2D eigenvalue weighted by Crippen LogP contribution is 2.31. The molecule has 3 rings (SSSR count). The number of benzene rings is 1. The van der Waals surface area contributed by atoms with E-state index in [4.69, 9.17) is 15.2 Å². The zero-order valence-corrected chi connectivity index (χ0v) is 18.6. The van der Waals surface area contributed by atoms with Crippen LogP contribution in [0.15, 0.2) is 30.3 Å². The van der Waals surface area contributed by atoms with Crippen molar-refractivity contribution in [2.45, 2.75) is 63.3 Å². The maximum Gasteiger partial charge on any atom is 0.238 e. The molecule has 10 nitrogen and oxygen atoms in total. The molecule has 10 heteroatoms. The first kappa shape index (κ1) is 24.9. The van der Waals surface area contributed by atoms with Crippen molar-refractivity contribution in [3.63, 3.8) is 0 Å². The lowest BCUT2D eigenvalue weighted by atomic mass is 9.98. The molecule has 1 amide bonds. The number of hydrogen-bond acceptors (Lipinski definition) is 8. The van der Waals surface area contributed by atoms with Gasteiger partial charge in [-0.15, -0.1) is 5.10 Å². The third-order valence-electron chi connectivity index (χ3n) is 5.50. The summed E-state index contributed by atoms with van der Waals surface area (Å²) in [6.07, 6.45) is -2.75. The fourth-order valence-electron chi connectivity index (χ4n) is 3.64. The summed E-state index contributed by atoms with van der Waals surface area (Å²) in [5, 5.41) is 46.9. The van der Waals surface area contributed by atoms with Gasteiger partial charge in [-0.1, -0.05) is 50.3 Å². The number of H-pyrrole nitrogens is 1. The number of nitrogens with two attached hydrogens (primary N) is 1. The van der Waals surface area contributed by atoms with Crippen molar-refractivity contribution >= 4 is 12.0 Å². The summed E-state index contributed by atoms with van der Waals surface area (Å²) >= 11 is 0. The topological polar surface area (TPSA) is 171 Å². The standard InChI is InChI=1S/C23H31N3O7/c1-12(2)18-15(10-14-8-6-13(7-9-14)4-3-5-17(24)28)22(26-25-18)33-23-21(31)20(30)19(29)16(11-27)32-23/h3-4,6-9,12,16,19-21,23,27,29-31H,5,10-11H2,1-2H3,(H2,24,28)(H,25,26)/b4-3+/t16-,19-,20+,21-,23+/m1/s1. The first-order chi connectivity index (χ1) is 15.7. The van der Waals surface area contributed by atoms with E-state index in [2.05, 4.69) is 10.2 Å². The molecule has 0 spiro atoms. The van der Waals surface area contributed by atoms with Crippen LogP contribution in [0.1, 0.15) is 48.6 Å². The van der Waals surface area contributed by atoms with Gasteiger partial charge in [0.15, 0.2) is 0 Å². The lowest BCUT2D eigenvalue weighted by Crippen LogP contribution is -2.60. The van der Waals surface area contributed by atoms with Gasteiger partial charge in [0.05, 0.1) is 6.61 Å². The maximum absolute atomic E-state index is 10.9. The molecule has 2 aromatic rings.